The molecule has 5 heteroatoms. The molecule has 7 atom stereocenters. The number of ether oxygens (including phenoxy) is 3. The monoisotopic (exact) mass is 370 g/mol. The molecule has 0 bridgehead atoms. The van der Waals surface area contributed by atoms with E-state index in [4.69, 9.17) is 14.2 Å². The van der Waals surface area contributed by atoms with Gasteiger partial charge < -0.3 is 19.3 Å². The quantitative estimate of drug-likeness (QED) is 0.639. The van der Waals surface area contributed by atoms with Crippen molar-refractivity contribution in [3.05, 3.63) is 12.2 Å². The van der Waals surface area contributed by atoms with E-state index in [0.29, 0.717) is 25.2 Å². The largest absolute Gasteiger partial charge is 0.368 e. The molecule has 5 unspecified atom stereocenters. The maximum atomic E-state index is 14.0. The van der Waals surface area contributed by atoms with Crippen LogP contribution in [0.5, 0.6) is 0 Å². The van der Waals surface area contributed by atoms with Gasteiger partial charge in [-0.15, -0.1) is 0 Å². The first kappa shape index (κ1) is 20.2. The molecule has 2 heterocycles. The van der Waals surface area contributed by atoms with Crippen molar-refractivity contribution >= 4 is 0 Å². The fourth-order valence-corrected chi connectivity index (χ4v) is 4.85. The van der Waals surface area contributed by atoms with Crippen molar-refractivity contribution in [3.8, 4) is 0 Å². The molecular formula is C21H35FO4. The van der Waals surface area contributed by atoms with Crippen LogP contribution >= 0.6 is 0 Å². The third kappa shape index (κ3) is 4.67. The molecule has 1 N–H and O–H groups in total. The van der Waals surface area contributed by atoms with Gasteiger partial charge in [-0.1, -0.05) is 38.8 Å². The number of unbranched alkanes of at least 4 members (excludes halogenated alkanes) is 1. The first-order valence-electron chi connectivity index (χ1n) is 10.5. The zero-order valence-corrected chi connectivity index (χ0v) is 16.2. The van der Waals surface area contributed by atoms with Gasteiger partial charge in [0.1, 0.15) is 6.17 Å². The van der Waals surface area contributed by atoms with E-state index in [-0.39, 0.29) is 18.3 Å². The molecule has 2 saturated heterocycles. The van der Waals surface area contributed by atoms with Gasteiger partial charge in [-0.05, 0) is 44.4 Å². The molecule has 1 saturated carbocycles. The molecule has 3 fully saturated rings. The molecule has 0 amide bonds. The summed E-state index contributed by atoms with van der Waals surface area (Å²) in [7, 11) is 0. The Morgan fingerprint density at radius 2 is 2.23 bits per heavy atom. The van der Waals surface area contributed by atoms with E-state index in [1.54, 1.807) is 0 Å². The van der Waals surface area contributed by atoms with Crippen molar-refractivity contribution in [1.82, 2.24) is 0 Å². The highest BCUT2D eigenvalue weighted by atomic mass is 19.1. The Bertz CT molecular complexity index is 465. The minimum Gasteiger partial charge on any atom is -0.368 e. The summed E-state index contributed by atoms with van der Waals surface area (Å²) < 4.78 is 32.0. The van der Waals surface area contributed by atoms with Crippen LogP contribution in [0.4, 0.5) is 4.39 Å². The summed E-state index contributed by atoms with van der Waals surface area (Å²) in [5, 5.41) is 10.1. The molecule has 3 rings (SSSR count). The molecule has 0 radical (unpaired) electrons. The van der Waals surface area contributed by atoms with Gasteiger partial charge in [0.2, 0.25) is 0 Å². The zero-order chi connectivity index (χ0) is 18.6. The second-order valence-electron chi connectivity index (χ2n) is 8.33. The van der Waals surface area contributed by atoms with Crippen molar-refractivity contribution in [2.24, 2.45) is 11.8 Å². The predicted octanol–water partition coefficient (Wildman–Crippen LogP) is 4.51. The van der Waals surface area contributed by atoms with Crippen molar-refractivity contribution in [2.45, 2.75) is 102 Å². The van der Waals surface area contributed by atoms with Gasteiger partial charge in [0.15, 0.2) is 12.6 Å². The van der Waals surface area contributed by atoms with Crippen molar-refractivity contribution < 1.29 is 23.7 Å². The lowest BCUT2D eigenvalue weighted by Crippen LogP contribution is -2.36. The summed E-state index contributed by atoms with van der Waals surface area (Å²) in [5.74, 6) is 0.423. The predicted molar refractivity (Wildman–Crippen MR) is 98.4 cm³/mol. The molecule has 0 aromatic carbocycles. The van der Waals surface area contributed by atoms with E-state index >= 15 is 0 Å². The molecule has 150 valence electrons. The molecule has 3 aliphatic rings. The SMILES string of the molecule is CCCCC(F)C/C=C/C12C[C@@H](C)[C@H](OC3CCCCO3)C1CC(O)O2. The number of hydrogen-bond acceptors (Lipinski definition) is 4. The molecule has 2 aliphatic heterocycles. The van der Waals surface area contributed by atoms with Crippen LogP contribution in [-0.4, -0.2) is 42.2 Å². The van der Waals surface area contributed by atoms with Crippen LogP contribution in [0.2, 0.25) is 0 Å². The van der Waals surface area contributed by atoms with Crippen LogP contribution in [0.15, 0.2) is 12.2 Å². The third-order valence-electron chi connectivity index (χ3n) is 6.15. The second kappa shape index (κ2) is 9.13. The smallest absolute Gasteiger partial charge is 0.157 e. The van der Waals surface area contributed by atoms with E-state index in [1.807, 2.05) is 12.2 Å². The maximum absolute atomic E-state index is 14.0. The Kier molecular flexibility index (Phi) is 7.11. The molecule has 4 nitrogen and oxygen atoms in total. The first-order valence-corrected chi connectivity index (χ1v) is 10.5. The van der Waals surface area contributed by atoms with Gasteiger partial charge in [0.05, 0.1) is 11.7 Å². The van der Waals surface area contributed by atoms with Crippen LogP contribution in [0.1, 0.15) is 71.6 Å². The normalized spacial score (nSPS) is 41.6. The molecule has 1 aliphatic carbocycles. The average Bonchev–Trinajstić information content (AvgIpc) is 3.05. The van der Waals surface area contributed by atoms with Gasteiger partial charge in [0.25, 0.3) is 0 Å². The fourth-order valence-electron chi connectivity index (χ4n) is 4.85. The number of rotatable bonds is 8. The number of allylic oxidation sites excluding steroid dienone is 1. The summed E-state index contributed by atoms with van der Waals surface area (Å²) in [6.07, 6.45) is 9.74. The van der Waals surface area contributed by atoms with Gasteiger partial charge in [-0.2, -0.15) is 0 Å². The molecule has 26 heavy (non-hydrogen) atoms. The minimum absolute atomic E-state index is 0.0150. The summed E-state index contributed by atoms with van der Waals surface area (Å²) in [4.78, 5) is 0. The van der Waals surface area contributed by atoms with Crippen LogP contribution in [-0.2, 0) is 14.2 Å². The van der Waals surface area contributed by atoms with Gasteiger partial charge in [-0.3, -0.25) is 0 Å². The van der Waals surface area contributed by atoms with Crippen molar-refractivity contribution in [1.29, 1.82) is 0 Å². The number of alkyl halides is 1. The fraction of sp³-hybridized carbons (Fsp3) is 0.905. The third-order valence-corrected chi connectivity index (χ3v) is 6.15. The van der Waals surface area contributed by atoms with Crippen LogP contribution in [0.3, 0.4) is 0 Å². The number of hydrogen-bond donors (Lipinski definition) is 1. The summed E-state index contributed by atoms with van der Waals surface area (Å²) in [5.41, 5.74) is -0.525. The van der Waals surface area contributed by atoms with Crippen LogP contribution < -0.4 is 0 Å². The van der Waals surface area contributed by atoms with E-state index in [0.717, 1.165) is 45.1 Å². The van der Waals surface area contributed by atoms with E-state index in [1.165, 1.54) is 0 Å². The van der Waals surface area contributed by atoms with Gasteiger partial charge >= 0.3 is 0 Å². The summed E-state index contributed by atoms with van der Waals surface area (Å²) in [6.45, 7) is 5.02. The Balaban J connectivity index is 1.63. The molecular weight excluding hydrogens is 335 g/mol. The second-order valence-corrected chi connectivity index (χ2v) is 8.33. The topological polar surface area (TPSA) is 47.9 Å². The minimum atomic E-state index is -0.797. The van der Waals surface area contributed by atoms with E-state index < -0.39 is 18.1 Å². The van der Waals surface area contributed by atoms with Crippen molar-refractivity contribution in [2.75, 3.05) is 6.61 Å². The lowest BCUT2D eigenvalue weighted by atomic mass is 9.88. The Morgan fingerprint density at radius 3 is 2.96 bits per heavy atom. The van der Waals surface area contributed by atoms with Crippen LogP contribution in [0, 0.1) is 11.8 Å². The summed E-state index contributed by atoms with van der Waals surface area (Å²) >= 11 is 0. The van der Waals surface area contributed by atoms with Gasteiger partial charge in [-0.25, -0.2) is 4.39 Å². The Labute approximate surface area is 157 Å². The lowest BCUT2D eigenvalue weighted by Gasteiger charge is -2.31. The zero-order valence-electron chi connectivity index (χ0n) is 16.2. The lowest BCUT2D eigenvalue weighted by molar-refractivity contribution is -0.202. The van der Waals surface area contributed by atoms with Gasteiger partial charge in [0, 0.05) is 18.9 Å². The molecule has 0 aromatic rings. The Morgan fingerprint density at radius 1 is 1.38 bits per heavy atom. The standard InChI is InChI=1S/C21H35FO4/c1-3-4-8-16(22)9-7-11-21-14-15(2)20(17(21)13-18(23)26-21)25-19-10-5-6-12-24-19/h7,11,15-20,23H,3-6,8-10,12-14H2,1-2H3/b11-7+/t15-,16?,17?,18?,19?,20+,21?/m1/s1. The Hall–Kier alpha value is -0.490. The average molecular weight is 371 g/mol. The highest BCUT2D eigenvalue weighted by Gasteiger charge is 2.58. The van der Waals surface area contributed by atoms with E-state index in [2.05, 4.69) is 13.8 Å². The molecule has 0 spiro atoms. The maximum Gasteiger partial charge on any atom is 0.157 e. The highest BCUT2D eigenvalue weighted by molar-refractivity contribution is 5.16. The van der Waals surface area contributed by atoms with Crippen LogP contribution in [0.25, 0.3) is 0 Å². The summed E-state index contributed by atoms with van der Waals surface area (Å²) in [6, 6.07) is 0. The molecule has 0 aromatic heterocycles. The number of aliphatic hydroxyl groups excluding tert-OH is 1. The van der Waals surface area contributed by atoms with E-state index in [9.17, 15) is 9.50 Å². The highest BCUT2D eigenvalue weighted by Crippen LogP contribution is 2.52. The first-order chi connectivity index (χ1) is 12.5. The van der Waals surface area contributed by atoms with Crippen molar-refractivity contribution in [3.63, 3.8) is 0 Å². The number of fused-ring (bicyclic) bond motifs is 1. The number of halogens is 1. The number of aliphatic hydroxyl groups is 1.